The number of hydrogen-bond donors (Lipinski definition) is 2. The molecule has 0 fully saturated rings. The zero-order valence-electron chi connectivity index (χ0n) is 13.3. The fourth-order valence-electron chi connectivity index (χ4n) is 2.14. The van der Waals surface area contributed by atoms with Crippen molar-refractivity contribution in [2.24, 2.45) is 0 Å². The van der Waals surface area contributed by atoms with E-state index in [-0.39, 0.29) is 5.02 Å². The molecule has 3 aromatic rings. The number of urea groups is 1. The molecule has 2 aromatic heterocycles. The third kappa shape index (κ3) is 4.07. The van der Waals surface area contributed by atoms with Crippen LogP contribution in [0.1, 0.15) is 18.8 Å². The summed E-state index contributed by atoms with van der Waals surface area (Å²) in [6, 6.07) is 3.24. The molecule has 8 nitrogen and oxygen atoms in total. The highest BCUT2D eigenvalue weighted by atomic mass is 127. The molecule has 2 amide bonds. The number of hydrogen-bond acceptors (Lipinski definition) is 5. The van der Waals surface area contributed by atoms with Gasteiger partial charge in [-0.25, -0.2) is 24.1 Å². The summed E-state index contributed by atoms with van der Waals surface area (Å²) in [5.41, 5.74) is 0.310. The monoisotopic (exact) mass is 487 g/mol. The molecule has 1 atom stereocenters. The van der Waals surface area contributed by atoms with E-state index in [1.54, 1.807) is 25.4 Å². The van der Waals surface area contributed by atoms with E-state index in [1.165, 1.54) is 17.1 Å². The van der Waals surface area contributed by atoms with E-state index in [1.807, 2.05) is 22.6 Å². The summed E-state index contributed by atoms with van der Waals surface area (Å²) in [5.74, 6) is 0.170. The quantitative estimate of drug-likeness (QED) is 0.435. The average Bonchev–Trinajstić information content (AvgIpc) is 3.10. The number of carbonyl (C=O) groups is 1. The molecule has 3 rings (SSSR count). The van der Waals surface area contributed by atoms with Crippen LogP contribution in [0.25, 0.3) is 5.95 Å². The molecule has 134 valence electrons. The molecule has 0 aliphatic carbocycles. The summed E-state index contributed by atoms with van der Waals surface area (Å²) >= 11 is 7.67. The van der Waals surface area contributed by atoms with Crippen LogP contribution in [0.2, 0.25) is 5.02 Å². The van der Waals surface area contributed by atoms with Crippen molar-refractivity contribution in [3.8, 4) is 5.95 Å². The molecular formula is C15H12ClFIN7O. The van der Waals surface area contributed by atoms with Gasteiger partial charge in [-0.1, -0.05) is 11.6 Å². The number of aromatic nitrogens is 5. The Labute approximate surface area is 166 Å². The Morgan fingerprint density at radius 3 is 2.77 bits per heavy atom. The minimum Gasteiger partial charge on any atom is -0.328 e. The summed E-state index contributed by atoms with van der Waals surface area (Å²) in [5, 5.41) is 9.37. The largest absolute Gasteiger partial charge is 0.328 e. The lowest BCUT2D eigenvalue weighted by Crippen LogP contribution is -2.33. The molecule has 26 heavy (non-hydrogen) atoms. The van der Waals surface area contributed by atoms with Crippen molar-refractivity contribution < 1.29 is 9.18 Å². The number of amides is 2. The standard InChI is InChI=1S/C15H12ClFIN7O/c1-8(13-21-7-22-25(13)14-19-3-2-4-20-14)23-15(26)24-12-6-10(17)9(16)5-11(12)18/h2-8H,1H3,(H2,23,24,26). The predicted octanol–water partition coefficient (Wildman–Crippen LogP) is 3.34. The van der Waals surface area contributed by atoms with Gasteiger partial charge in [-0.3, -0.25) is 0 Å². The second-order valence-corrected chi connectivity index (χ2v) is 6.71. The van der Waals surface area contributed by atoms with Gasteiger partial charge in [0.05, 0.1) is 16.8 Å². The molecule has 2 heterocycles. The van der Waals surface area contributed by atoms with Gasteiger partial charge in [0.15, 0.2) is 5.82 Å². The molecule has 2 N–H and O–H groups in total. The van der Waals surface area contributed by atoms with E-state index >= 15 is 0 Å². The minimum atomic E-state index is -0.614. The lowest BCUT2D eigenvalue weighted by Gasteiger charge is -2.15. The molecule has 0 saturated heterocycles. The van der Waals surface area contributed by atoms with Gasteiger partial charge in [0.1, 0.15) is 12.1 Å². The van der Waals surface area contributed by atoms with E-state index in [0.29, 0.717) is 21.0 Å². The highest BCUT2D eigenvalue weighted by molar-refractivity contribution is 14.1. The lowest BCUT2D eigenvalue weighted by molar-refractivity contribution is 0.248. The number of nitrogens with one attached hydrogen (secondary N) is 2. The Bertz CT molecular complexity index is 937. The van der Waals surface area contributed by atoms with Gasteiger partial charge in [-0.15, -0.1) is 0 Å². The molecule has 0 aliphatic heterocycles. The van der Waals surface area contributed by atoms with E-state index < -0.39 is 17.9 Å². The van der Waals surface area contributed by atoms with Gasteiger partial charge in [-0.05, 0) is 41.6 Å². The highest BCUT2D eigenvalue weighted by Gasteiger charge is 2.18. The van der Waals surface area contributed by atoms with Crippen molar-refractivity contribution in [1.29, 1.82) is 0 Å². The van der Waals surface area contributed by atoms with Crippen LogP contribution >= 0.6 is 34.2 Å². The molecule has 0 aliphatic rings. The van der Waals surface area contributed by atoms with E-state index in [2.05, 4.69) is 30.7 Å². The van der Waals surface area contributed by atoms with Crippen molar-refractivity contribution in [2.45, 2.75) is 13.0 Å². The van der Waals surface area contributed by atoms with E-state index in [9.17, 15) is 9.18 Å². The molecule has 0 spiro atoms. The number of nitrogens with zero attached hydrogens (tertiary/aromatic N) is 5. The maximum Gasteiger partial charge on any atom is 0.319 e. The first-order valence-corrected chi connectivity index (χ1v) is 8.80. The Morgan fingerprint density at radius 1 is 1.31 bits per heavy atom. The van der Waals surface area contributed by atoms with Crippen LogP contribution in [-0.4, -0.2) is 30.8 Å². The van der Waals surface area contributed by atoms with E-state index in [0.717, 1.165) is 6.07 Å². The number of carbonyl (C=O) groups excluding carboxylic acids is 1. The first kappa shape index (κ1) is 18.5. The summed E-state index contributed by atoms with van der Waals surface area (Å²) in [7, 11) is 0. The Balaban J connectivity index is 1.73. The van der Waals surface area contributed by atoms with Crippen LogP contribution in [0.5, 0.6) is 0 Å². The number of anilines is 1. The summed E-state index contributed by atoms with van der Waals surface area (Å²) in [6.45, 7) is 1.73. The van der Waals surface area contributed by atoms with Crippen LogP contribution in [0.15, 0.2) is 36.9 Å². The fraction of sp³-hybridized carbons (Fsp3) is 0.133. The minimum absolute atomic E-state index is 0.00955. The maximum atomic E-state index is 13.6. The normalized spacial score (nSPS) is 11.8. The molecule has 0 saturated carbocycles. The van der Waals surface area contributed by atoms with Crippen LogP contribution in [0, 0.1) is 9.39 Å². The first-order valence-electron chi connectivity index (χ1n) is 7.35. The smallest absolute Gasteiger partial charge is 0.319 e. The lowest BCUT2D eigenvalue weighted by atomic mass is 10.3. The van der Waals surface area contributed by atoms with Gasteiger partial charge >= 0.3 is 6.03 Å². The number of halogens is 3. The molecule has 1 aromatic carbocycles. The molecule has 11 heteroatoms. The Hall–Kier alpha value is -2.34. The van der Waals surface area contributed by atoms with E-state index in [4.69, 9.17) is 11.6 Å². The van der Waals surface area contributed by atoms with Gasteiger partial charge in [0.25, 0.3) is 5.95 Å². The zero-order valence-corrected chi connectivity index (χ0v) is 16.2. The number of benzene rings is 1. The highest BCUT2D eigenvalue weighted by Crippen LogP contribution is 2.25. The summed E-state index contributed by atoms with van der Waals surface area (Å²) in [6.07, 6.45) is 4.50. The van der Waals surface area contributed by atoms with Crippen LogP contribution in [0.4, 0.5) is 14.9 Å². The molecule has 0 bridgehead atoms. The van der Waals surface area contributed by atoms with Gasteiger partial charge in [0.2, 0.25) is 0 Å². The third-order valence-corrected chi connectivity index (χ3v) is 4.49. The Morgan fingerprint density at radius 2 is 2.04 bits per heavy atom. The average molecular weight is 488 g/mol. The summed E-state index contributed by atoms with van der Waals surface area (Å²) in [4.78, 5) is 24.6. The Kier molecular flexibility index (Phi) is 5.61. The van der Waals surface area contributed by atoms with Gasteiger partial charge in [0, 0.05) is 22.0 Å². The van der Waals surface area contributed by atoms with Gasteiger partial charge in [-0.2, -0.15) is 9.78 Å². The topological polar surface area (TPSA) is 97.6 Å². The molecule has 0 radical (unpaired) electrons. The van der Waals surface area contributed by atoms with Crippen LogP contribution in [0.3, 0.4) is 0 Å². The van der Waals surface area contributed by atoms with Crippen molar-refractivity contribution in [3.05, 3.63) is 57.2 Å². The third-order valence-electron chi connectivity index (χ3n) is 3.31. The van der Waals surface area contributed by atoms with Crippen molar-refractivity contribution >= 4 is 45.9 Å². The maximum absolute atomic E-state index is 13.6. The van der Waals surface area contributed by atoms with Crippen LogP contribution in [-0.2, 0) is 0 Å². The van der Waals surface area contributed by atoms with Crippen molar-refractivity contribution in [1.82, 2.24) is 30.0 Å². The van der Waals surface area contributed by atoms with Crippen LogP contribution < -0.4 is 10.6 Å². The SMILES string of the molecule is CC(NC(=O)Nc1cc(F)c(Cl)cc1I)c1ncnn1-c1ncccn1. The predicted molar refractivity (Wildman–Crippen MR) is 102 cm³/mol. The first-order chi connectivity index (χ1) is 12.5. The molecular weight excluding hydrogens is 476 g/mol. The number of rotatable bonds is 4. The van der Waals surface area contributed by atoms with Crippen molar-refractivity contribution in [3.63, 3.8) is 0 Å². The van der Waals surface area contributed by atoms with Gasteiger partial charge < -0.3 is 10.6 Å². The second-order valence-electron chi connectivity index (χ2n) is 5.15. The molecule has 1 unspecified atom stereocenters. The fourth-order valence-corrected chi connectivity index (χ4v) is 3.09. The van der Waals surface area contributed by atoms with Crippen molar-refractivity contribution in [2.75, 3.05) is 5.32 Å². The second kappa shape index (κ2) is 7.91. The summed E-state index contributed by atoms with van der Waals surface area (Å²) < 4.78 is 15.6. The zero-order chi connectivity index (χ0) is 18.7.